The van der Waals surface area contributed by atoms with Gasteiger partial charge >= 0.3 is 0 Å². The molecule has 0 aliphatic rings. The van der Waals surface area contributed by atoms with E-state index in [1.165, 1.54) is 6.08 Å². The molecule has 0 unspecified atom stereocenters. The maximum absolute atomic E-state index is 12.3. The lowest BCUT2D eigenvalue weighted by Crippen LogP contribution is -2.34. The van der Waals surface area contributed by atoms with Crippen molar-refractivity contribution in [3.63, 3.8) is 0 Å². The van der Waals surface area contributed by atoms with Crippen LogP contribution in [0.2, 0.25) is 5.02 Å². The molecular weight excluding hydrogens is 372 g/mol. The Morgan fingerprint density at radius 1 is 1.12 bits per heavy atom. The Labute approximate surface area is 159 Å². The molecule has 0 radical (unpaired) electrons. The molecule has 2 aromatic rings. The van der Waals surface area contributed by atoms with Gasteiger partial charge in [0.1, 0.15) is 0 Å². The van der Waals surface area contributed by atoms with E-state index in [0.717, 1.165) is 11.1 Å². The summed E-state index contributed by atoms with van der Waals surface area (Å²) in [5.74, 6) is -0.309. The third-order valence-corrected chi connectivity index (χ3v) is 5.46. The summed E-state index contributed by atoms with van der Waals surface area (Å²) in [4.78, 5) is 12.0. The van der Waals surface area contributed by atoms with Crippen LogP contribution in [0.3, 0.4) is 0 Å². The molecule has 2 rings (SSSR count). The monoisotopic (exact) mass is 392 g/mol. The lowest BCUT2D eigenvalue weighted by molar-refractivity contribution is -0.116. The number of halogens is 1. The maximum atomic E-state index is 12.3. The van der Waals surface area contributed by atoms with Crippen LogP contribution in [0.25, 0.3) is 6.08 Å². The maximum Gasteiger partial charge on any atom is 0.244 e. The second kappa shape index (κ2) is 8.98. The molecule has 7 heteroatoms. The number of aryl methyl sites for hydroxylation is 2. The van der Waals surface area contributed by atoms with Crippen LogP contribution in [0.4, 0.5) is 0 Å². The van der Waals surface area contributed by atoms with E-state index in [1.807, 2.05) is 19.1 Å². The molecule has 0 aliphatic carbocycles. The predicted molar refractivity (Wildman–Crippen MR) is 105 cm³/mol. The Hall–Kier alpha value is -2.15. The minimum atomic E-state index is -3.61. The van der Waals surface area contributed by atoms with Crippen molar-refractivity contribution in [2.45, 2.75) is 18.7 Å². The van der Waals surface area contributed by atoms with Gasteiger partial charge < -0.3 is 5.32 Å². The van der Waals surface area contributed by atoms with Crippen LogP contribution in [0.15, 0.2) is 53.4 Å². The Bertz CT molecular complexity index is 924. The van der Waals surface area contributed by atoms with Crippen LogP contribution in [-0.2, 0) is 14.8 Å². The summed E-state index contributed by atoms with van der Waals surface area (Å²) in [7, 11) is -3.61. The Morgan fingerprint density at radius 3 is 2.62 bits per heavy atom. The number of carbonyl (C=O) groups excluding carboxylic acids is 1. The normalized spacial score (nSPS) is 11.7. The van der Waals surface area contributed by atoms with E-state index < -0.39 is 10.0 Å². The molecule has 0 spiro atoms. The predicted octanol–water partition coefficient (Wildman–Crippen LogP) is 3.06. The van der Waals surface area contributed by atoms with Crippen LogP contribution in [0.1, 0.15) is 16.7 Å². The van der Waals surface area contributed by atoms with Crippen molar-refractivity contribution in [3.8, 4) is 0 Å². The fourth-order valence-corrected chi connectivity index (χ4v) is 3.84. The molecule has 138 valence electrons. The van der Waals surface area contributed by atoms with Crippen molar-refractivity contribution in [2.75, 3.05) is 13.1 Å². The molecule has 2 aromatic carbocycles. The first-order valence-corrected chi connectivity index (χ1v) is 9.92. The van der Waals surface area contributed by atoms with E-state index in [1.54, 1.807) is 43.3 Å². The molecule has 0 aromatic heterocycles. The third kappa shape index (κ3) is 5.98. The summed E-state index contributed by atoms with van der Waals surface area (Å²) in [6.45, 7) is 3.87. The molecule has 0 fully saturated rings. The second-order valence-electron chi connectivity index (χ2n) is 5.85. The molecule has 1 amide bonds. The van der Waals surface area contributed by atoms with Gasteiger partial charge in [-0.05, 0) is 54.8 Å². The number of amides is 1. The van der Waals surface area contributed by atoms with Crippen LogP contribution in [0.5, 0.6) is 0 Å². The SMILES string of the molecule is Cc1ccc(C)c(S(=O)(=O)NCCNC(=O)/C=C/c2cccc(Cl)c2)c1. The van der Waals surface area contributed by atoms with Gasteiger partial charge in [0.15, 0.2) is 0 Å². The zero-order valence-electron chi connectivity index (χ0n) is 14.6. The average Bonchev–Trinajstić information content (AvgIpc) is 2.59. The van der Waals surface area contributed by atoms with Crippen molar-refractivity contribution in [2.24, 2.45) is 0 Å². The fraction of sp³-hybridized carbons (Fsp3) is 0.211. The van der Waals surface area contributed by atoms with Gasteiger partial charge in [0.25, 0.3) is 0 Å². The van der Waals surface area contributed by atoms with Gasteiger partial charge in [0.05, 0.1) is 4.90 Å². The summed E-state index contributed by atoms with van der Waals surface area (Å²) in [6, 6.07) is 12.4. The summed E-state index contributed by atoms with van der Waals surface area (Å²) in [6.07, 6.45) is 3.02. The summed E-state index contributed by atoms with van der Waals surface area (Å²) in [5, 5.41) is 3.22. The first kappa shape index (κ1) is 20.2. The highest BCUT2D eigenvalue weighted by Crippen LogP contribution is 2.16. The van der Waals surface area contributed by atoms with Gasteiger partial charge in [-0.25, -0.2) is 13.1 Å². The zero-order valence-corrected chi connectivity index (χ0v) is 16.2. The summed E-state index contributed by atoms with van der Waals surface area (Å²) in [5.41, 5.74) is 2.36. The number of nitrogens with one attached hydrogen (secondary N) is 2. The Morgan fingerprint density at radius 2 is 1.88 bits per heavy atom. The van der Waals surface area contributed by atoms with Crippen LogP contribution < -0.4 is 10.0 Å². The van der Waals surface area contributed by atoms with Crippen molar-refractivity contribution in [1.29, 1.82) is 0 Å². The standard InChI is InChI=1S/C19H21ClN2O3S/c1-14-6-7-15(2)18(12-14)26(24,25)22-11-10-21-19(23)9-8-16-4-3-5-17(20)13-16/h3-9,12-13,22H,10-11H2,1-2H3,(H,21,23)/b9-8+. The van der Waals surface area contributed by atoms with Gasteiger partial charge in [-0.15, -0.1) is 0 Å². The highest BCUT2D eigenvalue weighted by Gasteiger charge is 2.16. The molecule has 2 N–H and O–H groups in total. The quantitative estimate of drug-likeness (QED) is 0.561. The molecule has 0 aliphatic heterocycles. The number of hydrogen-bond acceptors (Lipinski definition) is 3. The first-order valence-electron chi connectivity index (χ1n) is 8.06. The molecule has 0 atom stereocenters. The highest BCUT2D eigenvalue weighted by molar-refractivity contribution is 7.89. The molecule has 0 bridgehead atoms. The number of rotatable bonds is 7. The molecule has 26 heavy (non-hydrogen) atoms. The van der Waals surface area contributed by atoms with Crippen molar-refractivity contribution < 1.29 is 13.2 Å². The number of sulfonamides is 1. The lowest BCUT2D eigenvalue weighted by atomic mass is 10.2. The van der Waals surface area contributed by atoms with Gasteiger partial charge in [0, 0.05) is 24.2 Å². The smallest absolute Gasteiger partial charge is 0.244 e. The van der Waals surface area contributed by atoms with Gasteiger partial charge in [0.2, 0.25) is 15.9 Å². The van der Waals surface area contributed by atoms with Crippen LogP contribution in [-0.4, -0.2) is 27.4 Å². The average molecular weight is 393 g/mol. The molecule has 0 saturated heterocycles. The van der Waals surface area contributed by atoms with E-state index in [0.29, 0.717) is 10.6 Å². The minimum absolute atomic E-state index is 0.104. The fourth-order valence-electron chi connectivity index (χ4n) is 2.29. The summed E-state index contributed by atoms with van der Waals surface area (Å²) >= 11 is 5.88. The number of benzene rings is 2. The van der Waals surface area contributed by atoms with E-state index in [9.17, 15) is 13.2 Å². The van der Waals surface area contributed by atoms with Crippen LogP contribution in [0, 0.1) is 13.8 Å². The second-order valence-corrected chi connectivity index (χ2v) is 8.02. The van der Waals surface area contributed by atoms with Gasteiger partial charge in [-0.2, -0.15) is 0 Å². The molecule has 0 saturated carbocycles. The molecular formula is C19H21ClN2O3S. The first-order chi connectivity index (χ1) is 12.3. The summed E-state index contributed by atoms with van der Waals surface area (Å²) < 4.78 is 27.2. The van der Waals surface area contributed by atoms with Gasteiger partial charge in [-0.1, -0.05) is 35.9 Å². The number of hydrogen-bond donors (Lipinski definition) is 2. The minimum Gasteiger partial charge on any atom is -0.351 e. The van der Waals surface area contributed by atoms with Crippen molar-refractivity contribution >= 4 is 33.6 Å². The van der Waals surface area contributed by atoms with E-state index in [2.05, 4.69) is 10.0 Å². The van der Waals surface area contributed by atoms with Crippen molar-refractivity contribution in [1.82, 2.24) is 10.0 Å². The van der Waals surface area contributed by atoms with E-state index in [-0.39, 0.29) is 23.9 Å². The van der Waals surface area contributed by atoms with E-state index >= 15 is 0 Å². The zero-order chi connectivity index (χ0) is 19.2. The topological polar surface area (TPSA) is 75.3 Å². The largest absolute Gasteiger partial charge is 0.351 e. The molecule has 5 nitrogen and oxygen atoms in total. The highest BCUT2D eigenvalue weighted by atomic mass is 35.5. The Kier molecular flexibility index (Phi) is 6.97. The third-order valence-electron chi connectivity index (χ3n) is 3.63. The Balaban J connectivity index is 1.84. The molecule has 0 heterocycles. The van der Waals surface area contributed by atoms with Crippen LogP contribution >= 0.6 is 11.6 Å². The van der Waals surface area contributed by atoms with Crippen molar-refractivity contribution in [3.05, 3.63) is 70.3 Å². The lowest BCUT2D eigenvalue weighted by Gasteiger charge is -2.10. The van der Waals surface area contributed by atoms with Gasteiger partial charge in [-0.3, -0.25) is 4.79 Å². The number of carbonyl (C=O) groups is 1. The van der Waals surface area contributed by atoms with E-state index in [4.69, 9.17) is 11.6 Å².